The Labute approximate surface area is 357 Å². The summed E-state index contributed by atoms with van der Waals surface area (Å²) in [5.74, 6) is -0.215. The summed E-state index contributed by atoms with van der Waals surface area (Å²) in [6, 6.07) is 7.24. The Morgan fingerprint density at radius 1 is 1.00 bits per heavy atom. The molecule has 7 heterocycles. The molecule has 4 fully saturated rings. The van der Waals surface area contributed by atoms with E-state index in [1.165, 1.54) is 21.5 Å². The van der Waals surface area contributed by atoms with Crippen LogP contribution in [0.25, 0.3) is 16.7 Å². The highest BCUT2D eigenvalue weighted by molar-refractivity contribution is 6.08. The number of fused-ring (bicyclic) bond motifs is 2. The van der Waals surface area contributed by atoms with E-state index in [0.29, 0.717) is 42.0 Å². The van der Waals surface area contributed by atoms with Gasteiger partial charge in [0, 0.05) is 64.6 Å². The Kier molecular flexibility index (Phi) is 11.3. The number of aromatic nitrogens is 7. The lowest BCUT2D eigenvalue weighted by atomic mass is 9.85. The number of imide groups is 1. The van der Waals surface area contributed by atoms with E-state index in [1.54, 1.807) is 22.5 Å². The van der Waals surface area contributed by atoms with Crippen LogP contribution in [-0.4, -0.2) is 114 Å². The second kappa shape index (κ2) is 16.9. The van der Waals surface area contributed by atoms with Crippen LogP contribution in [0.15, 0.2) is 47.7 Å². The van der Waals surface area contributed by atoms with Gasteiger partial charge in [-0.3, -0.25) is 33.5 Å². The molecule has 0 bridgehead atoms. The number of rotatable bonds is 10. The third-order valence-electron chi connectivity index (χ3n) is 13.3. The predicted octanol–water partition coefficient (Wildman–Crippen LogP) is 4.69. The summed E-state index contributed by atoms with van der Waals surface area (Å²) in [6.07, 6.45) is 7.64. The molecule has 330 valence electrons. The van der Waals surface area contributed by atoms with E-state index in [1.807, 2.05) is 38.1 Å². The number of piperidine rings is 2. The van der Waals surface area contributed by atoms with Crippen LogP contribution < -0.4 is 26.1 Å². The van der Waals surface area contributed by atoms with Gasteiger partial charge in [-0.25, -0.2) is 23.1 Å². The number of carbonyl (C=O) groups is 3. The van der Waals surface area contributed by atoms with Gasteiger partial charge in [0.1, 0.15) is 17.4 Å². The molecule has 4 aromatic heterocycles. The maximum absolute atomic E-state index is 14.4. The van der Waals surface area contributed by atoms with Crippen LogP contribution in [0.1, 0.15) is 99.8 Å². The largest absolute Gasteiger partial charge is 0.372 e. The summed E-state index contributed by atoms with van der Waals surface area (Å²) in [4.78, 5) is 63.2. The predicted molar refractivity (Wildman–Crippen MR) is 228 cm³/mol. The number of aryl methyl sites for hydroxylation is 1. The van der Waals surface area contributed by atoms with Crippen molar-refractivity contribution in [3.8, 4) is 0 Å². The highest BCUT2D eigenvalue weighted by atomic mass is 19.3. The van der Waals surface area contributed by atoms with Crippen LogP contribution >= 0.6 is 0 Å². The molecule has 9 rings (SSSR count). The smallest absolute Gasteiger partial charge is 0.329 e. The number of anilines is 3. The molecule has 1 aromatic carbocycles. The van der Waals surface area contributed by atoms with Crippen molar-refractivity contribution < 1.29 is 27.9 Å². The first-order valence-electron chi connectivity index (χ1n) is 21.7. The number of hydrogen-bond donors (Lipinski definition) is 2. The number of halogens is 2. The van der Waals surface area contributed by atoms with Gasteiger partial charge in [0.2, 0.25) is 11.8 Å². The molecule has 0 radical (unpaired) electrons. The molecule has 0 spiro atoms. The molecular formula is C43H54F2N12O5. The fraction of sp³-hybridized carbons (Fsp3) is 0.558. The summed E-state index contributed by atoms with van der Waals surface area (Å²) in [5.41, 5.74) is 2.18. The summed E-state index contributed by atoms with van der Waals surface area (Å²) in [7, 11) is 3.91. The number of para-hydroxylation sites is 1. The molecule has 3 saturated heterocycles. The molecule has 3 amide bonds. The first-order chi connectivity index (χ1) is 29.8. The lowest BCUT2D eigenvalue weighted by Gasteiger charge is -2.40. The number of amides is 3. The van der Waals surface area contributed by atoms with Gasteiger partial charge in [-0.1, -0.05) is 6.07 Å². The number of ether oxygens (including phenoxy) is 1. The van der Waals surface area contributed by atoms with Gasteiger partial charge in [0.15, 0.2) is 11.3 Å². The fourth-order valence-electron chi connectivity index (χ4n) is 10.2. The molecule has 1 unspecified atom stereocenters. The molecule has 19 heteroatoms. The van der Waals surface area contributed by atoms with E-state index in [9.17, 15) is 28.0 Å². The van der Waals surface area contributed by atoms with Gasteiger partial charge in [-0.15, -0.1) is 0 Å². The van der Waals surface area contributed by atoms with Crippen molar-refractivity contribution >= 4 is 51.6 Å². The molecule has 2 N–H and O–H groups in total. The molecular weight excluding hydrogens is 803 g/mol. The number of hydrogen-bond acceptors (Lipinski definition) is 11. The summed E-state index contributed by atoms with van der Waals surface area (Å²) in [5, 5.41) is 13.7. The van der Waals surface area contributed by atoms with Crippen molar-refractivity contribution in [3.05, 3.63) is 64.6 Å². The lowest BCUT2D eigenvalue weighted by molar-refractivity contribution is -0.135. The summed E-state index contributed by atoms with van der Waals surface area (Å²) >= 11 is 0. The van der Waals surface area contributed by atoms with Crippen LogP contribution in [0.4, 0.5) is 26.0 Å². The van der Waals surface area contributed by atoms with Crippen molar-refractivity contribution in [2.75, 3.05) is 54.9 Å². The highest BCUT2D eigenvalue weighted by Gasteiger charge is 2.34. The molecule has 1 aliphatic carbocycles. The standard InChI is InChI=1S/C43H54F2N12O5/c1-25-21-54(22-26(2)62-25)35-16-19-55-40(48-35)30(20-46-55)41(59)47-31-24-56(50-37(31)39(44)45)29-10-8-27(9-11-29)23-51(3)28-14-17-53(18-15-28)32-6-5-7-33-38(32)52(4)43(61)57(33)34-12-13-36(58)49-42(34)60/h5-7,16,19-20,24-29,34,39H,8-15,17-18,21-23H2,1-4H3,(H,47,59)(H,49,58,60)/t25-,26-,27-,29-,34?/m1/s1. The first kappa shape index (κ1) is 41.7. The zero-order chi connectivity index (χ0) is 43.4. The van der Waals surface area contributed by atoms with E-state index in [2.05, 4.69) is 42.6 Å². The first-order valence-corrected chi connectivity index (χ1v) is 21.7. The van der Waals surface area contributed by atoms with Crippen molar-refractivity contribution in [2.24, 2.45) is 13.0 Å². The third-order valence-corrected chi connectivity index (χ3v) is 13.3. The molecule has 3 atom stereocenters. The van der Waals surface area contributed by atoms with Crippen molar-refractivity contribution in [3.63, 3.8) is 0 Å². The number of nitrogens with one attached hydrogen (secondary N) is 2. The Bertz CT molecular complexity index is 2540. The molecule has 4 aliphatic rings. The highest BCUT2D eigenvalue weighted by Crippen LogP contribution is 2.37. The van der Waals surface area contributed by atoms with Crippen molar-refractivity contribution in [2.45, 2.75) is 102 Å². The van der Waals surface area contributed by atoms with E-state index < -0.39 is 30.0 Å². The third kappa shape index (κ3) is 7.95. The maximum atomic E-state index is 14.4. The Hall–Kier alpha value is -5.69. The van der Waals surface area contributed by atoms with Gasteiger partial charge >= 0.3 is 5.69 Å². The van der Waals surface area contributed by atoms with Crippen LogP contribution in [0.5, 0.6) is 0 Å². The number of carbonyl (C=O) groups excluding carboxylic acids is 3. The number of nitrogens with zero attached hydrogens (tertiary/aromatic N) is 10. The van der Waals surface area contributed by atoms with E-state index in [0.717, 1.165) is 69.4 Å². The normalized spacial score (nSPS) is 24.2. The second-order valence-corrected chi connectivity index (χ2v) is 17.6. The van der Waals surface area contributed by atoms with E-state index in [4.69, 9.17) is 9.72 Å². The minimum atomic E-state index is -2.87. The molecule has 3 aliphatic heterocycles. The molecule has 17 nitrogen and oxygen atoms in total. The maximum Gasteiger partial charge on any atom is 0.329 e. The van der Waals surface area contributed by atoms with Gasteiger partial charge in [0.05, 0.1) is 46.9 Å². The zero-order valence-electron chi connectivity index (χ0n) is 35.5. The van der Waals surface area contributed by atoms with Crippen LogP contribution in [0, 0.1) is 5.92 Å². The number of imidazole rings is 1. The summed E-state index contributed by atoms with van der Waals surface area (Å²) in [6.45, 7) is 7.85. The summed E-state index contributed by atoms with van der Waals surface area (Å²) < 4.78 is 40.8. The number of benzene rings is 1. The van der Waals surface area contributed by atoms with Gasteiger partial charge < -0.3 is 24.8 Å². The Balaban J connectivity index is 0.802. The van der Waals surface area contributed by atoms with E-state index in [-0.39, 0.29) is 53.9 Å². The average molecular weight is 857 g/mol. The fourth-order valence-corrected chi connectivity index (χ4v) is 10.2. The zero-order valence-corrected chi connectivity index (χ0v) is 35.5. The van der Waals surface area contributed by atoms with Crippen LogP contribution in [0.2, 0.25) is 0 Å². The topological polar surface area (TPSA) is 169 Å². The number of alkyl halides is 2. The van der Waals surface area contributed by atoms with Crippen molar-refractivity contribution in [1.29, 1.82) is 0 Å². The number of morpholine rings is 1. The average Bonchev–Trinajstić information content (AvgIpc) is 3.95. The molecule has 1 saturated carbocycles. The van der Waals surface area contributed by atoms with Gasteiger partial charge in [-0.05, 0) is 90.0 Å². The quantitative estimate of drug-likeness (QED) is 0.187. The van der Waals surface area contributed by atoms with Crippen LogP contribution in [-0.2, 0) is 21.4 Å². The minimum absolute atomic E-state index is 0.0186. The monoisotopic (exact) mass is 856 g/mol. The SMILES string of the molecule is C[C@@H]1CN(c2ccn3ncc(C(=O)Nc4cn([C@H]5CC[C@H](CN(C)C6CCN(c7cccc8c7n(C)c(=O)n8C7CCC(=O)NC7=O)CC6)CC5)nc4C(F)F)c3n2)C[C@@H](C)O1. The van der Waals surface area contributed by atoms with Crippen molar-refractivity contribution in [1.82, 2.24) is 43.7 Å². The minimum Gasteiger partial charge on any atom is -0.372 e. The van der Waals surface area contributed by atoms with Gasteiger partial charge in [-0.2, -0.15) is 10.2 Å². The molecule has 62 heavy (non-hydrogen) atoms. The van der Waals surface area contributed by atoms with E-state index >= 15 is 0 Å². The molecule has 5 aromatic rings. The Morgan fingerprint density at radius 3 is 2.45 bits per heavy atom. The second-order valence-electron chi connectivity index (χ2n) is 17.6. The van der Waals surface area contributed by atoms with Gasteiger partial charge in [0.25, 0.3) is 12.3 Å². The lowest BCUT2D eigenvalue weighted by Crippen LogP contribution is -2.45. The van der Waals surface area contributed by atoms with Crippen LogP contribution in [0.3, 0.4) is 0 Å². The Morgan fingerprint density at radius 2 is 1.74 bits per heavy atom.